The van der Waals surface area contributed by atoms with Crippen LogP contribution in [0.25, 0.3) is 5.69 Å². The number of aromatic nitrogens is 1. The third-order valence-electron chi connectivity index (χ3n) is 2.15. The van der Waals surface area contributed by atoms with Gasteiger partial charge in [0.1, 0.15) is 11.6 Å². The minimum Gasteiger partial charge on any atom is -0.283 e. The number of hydrogen-bond acceptors (Lipinski definition) is 2. The summed E-state index contributed by atoms with van der Waals surface area (Å²) in [6.07, 6.45) is 1.64. The molecular formula is C12H7BrN2O. The summed E-state index contributed by atoms with van der Waals surface area (Å²) in [5.41, 5.74) is 0.571. The van der Waals surface area contributed by atoms with Crippen molar-refractivity contribution in [2.24, 2.45) is 0 Å². The summed E-state index contributed by atoms with van der Waals surface area (Å²) in [4.78, 5) is 11.8. The van der Waals surface area contributed by atoms with Crippen molar-refractivity contribution in [3.8, 4) is 11.8 Å². The number of hydrogen-bond donors (Lipinski definition) is 0. The average Bonchev–Trinajstić information content (AvgIpc) is 2.29. The monoisotopic (exact) mass is 274 g/mol. The minimum atomic E-state index is -0.303. The SMILES string of the molecule is N#Cc1cccn(-c2cccc(Br)c2)c1=O. The van der Waals surface area contributed by atoms with E-state index in [1.165, 1.54) is 10.6 Å². The molecule has 0 aliphatic rings. The molecule has 78 valence electrons. The van der Waals surface area contributed by atoms with Crippen molar-refractivity contribution >= 4 is 15.9 Å². The number of benzene rings is 1. The van der Waals surface area contributed by atoms with Crippen LogP contribution in [0.3, 0.4) is 0 Å². The van der Waals surface area contributed by atoms with E-state index in [9.17, 15) is 4.79 Å². The molecule has 0 saturated heterocycles. The van der Waals surface area contributed by atoms with Gasteiger partial charge in [-0.05, 0) is 30.3 Å². The predicted molar refractivity (Wildman–Crippen MR) is 64.5 cm³/mol. The summed E-state index contributed by atoms with van der Waals surface area (Å²) in [5, 5.41) is 8.77. The molecule has 2 rings (SSSR count). The highest BCUT2D eigenvalue weighted by Gasteiger charge is 2.03. The van der Waals surface area contributed by atoms with Gasteiger partial charge in [-0.1, -0.05) is 22.0 Å². The Morgan fingerprint density at radius 1 is 1.25 bits per heavy atom. The van der Waals surface area contributed by atoms with E-state index in [0.717, 1.165) is 10.2 Å². The van der Waals surface area contributed by atoms with E-state index in [2.05, 4.69) is 15.9 Å². The lowest BCUT2D eigenvalue weighted by Gasteiger charge is -2.05. The lowest BCUT2D eigenvalue weighted by atomic mass is 10.2. The third kappa shape index (κ3) is 1.90. The van der Waals surface area contributed by atoms with Crippen LogP contribution in [0, 0.1) is 11.3 Å². The molecule has 0 bridgehead atoms. The molecule has 0 unspecified atom stereocenters. The van der Waals surface area contributed by atoms with Gasteiger partial charge in [0.2, 0.25) is 0 Å². The maximum Gasteiger partial charge on any atom is 0.272 e. The van der Waals surface area contributed by atoms with Crippen LogP contribution in [0.2, 0.25) is 0 Å². The summed E-state index contributed by atoms with van der Waals surface area (Å²) >= 11 is 3.34. The van der Waals surface area contributed by atoms with E-state index in [0.29, 0.717) is 0 Å². The molecule has 0 atom stereocenters. The number of nitrogens with zero attached hydrogens (tertiary/aromatic N) is 2. The van der Waals surface area contributed by atoms with Crippen molar-refractivity contribution in [2.75, 3.05) is 0 Å². The maximum absolute atomic E-state index is 11.8. The van der Waals surface area contributed by atoms with Crippen molar-refractivity contribution in [3.05, 3.63) is 63.0 Å². The zero-order chi connectivity index (χ0) is 11.5. The molecule has 0 spiro atoms. The smallest absolute Gasteiger partial charge is 0.272 e. The summed E-state index contributed by atoms with van der Waals surface area (Å²) in [6.45, 7) is 0. The molecular weight excluding hydrogens is 268 g/mol. The molecule has 0 fully saturated rings. The van der Waals surface area contributed by atoms with Gasteiger partial charge in [0.15, 0.2) is 0 Å². The van der Waals surface area contributed by atoms with Crippen LogP contribution in [0.1, 0.15) is 5.56 Å². The molecule has 0 radical (unpaired) electrons. The summed E-state index contributed by atoms with van der Waals surface area (Å²) in [7, 11) is 0. The van der Waals surface area contributed by atoms with Crippen molar-refractivity contribution in [1.29, 1.82) is 5.26 Å². The second kappa shape index (κ2) is 4.33. The Kier molecular flexibility index (Phi) is 2.88. The van der Waals surface area contributed by atoms with Crippen molar-refractivity contribution < 1.29 is 0 Å². The van der Waals surface area contributed by atoms with Crippen LogP contribution >= 0.6 is 15.9 Å². The molecule has 3 nitrogen and oxygen atoms in total. The van der Waals surface area contributed by atoms with E-state index in [4.69, 9.17) is 5.26 Å². The molecule has 1 aromatic heterocycles. The van der Waals surface area contributed by atoms with Gasteiger partial charge in [-0.25, -0.2) is 0 Å². The molecule has 0 amide bonds. The Hall–Kier alpha value is -1.86. The normalized spacial score (nSPS) is 9.75. The Balaban J connectivity index is 2.67. The van der Waals surface area contributed by atoms with Gasteiger partial charge in [0, 0.05) is 16.4 Å². The first-order valence-corrected chi connectivity index (χ1v) is 5.39. The molecule has 4 heteroatoms. The number of nitriles is 1. The fourth-order valence-corrected chi connectivity index (χ4v) is 1.80. The number of halogens is 1. The van der Waals surface area contributed by atoms with Crippen LogP contribution in [-0.4, -0.2) is 4.57 Å². The van der Waals surface area contributed by atoms with E-state index < -0.39 is 0 Å². The van der Waals surface area contributed by atoms with E-state index in [1.54, 1.807) is 12.3 Å². The molecule has 16 heavy (non-hydrogen) atoms. The van der Waals surface area contributed by atoms with Gasteiger partial charge in [0.25, 0.3) is 5.56 Å². The van der Waals surface area contributed by atoms with Gasteiger partial charge >= 0.3 is 0 Å². The number of pyridine rings is 1. The van der Waals surface area contributed by atoms with Gasteiger partial charge in [-0.2, -0.15) is 5.26 Å². The molecule has 0 N–H and O–H groups in total. The fourth-order valence-electron chi connectivity index (χ4n) is 1.41. The molecule has 0 aliphatic heterocycles. The van der Waals surface area contributed by atoms with Crippen LogP contribution in [-0.2, 0) is 0 Å². The first-order chi connectivity index (χ1) is 7.72. The van der Waals surface area contributed by atoms with Crippen molar-refractivity contribution in [2.45, 2.75) is 0 Å². The lowest BCUT2D eigenvalue weighted by Crippen LogP contribution is -2.19. The minimum absolute atomic E-state index is 0.141. The topological polar surface area (TPSA) is 45.8 Å². The van der Waals surface area contributed by atoms with Crippen LogP contribution in [0.15, 0.2) is 51.9 Å². The second-order valence-corrected chi connectivity index (χ2v) is 4.10. The van der Waals surface area contributed by atoms with E-state index in [-0.39, 0.29) is 11.1 Å². The van der Waals surface area contributed by atoms with Gasteiger partial charge in [0.05, 0.1) is 0 Å². The Labute approximate surface area is 101 Å². The highest BCUT2D eigenvalue weighted by molar-refractivity contribution is 9.10. The molecule has 0 saturated carbocycles. The standard InChI is InChI=1S/C12H7BrN2O/c13-10-4-1-5-11(7-10)15-6-2-3-9(8-14)12(15)16/h1-7H. The molecule has 0 aliphatic carbocycles. The zero-order valence-electron chi connectivity index (χ0n) is 8.22. The Morgan fingerprint density at radius 2 is 2.06 bits per heavy atom. The Morgan fingerprint density at radius 3 is 2.75 bits per heavy atom. The quantitative estimate of drug-likeness (QED) is 0.802. The van der Waals surface area contributed by atoms with Gasteiger partial charge in [-0.3, -0.25) is 9.36 Å². The Bertz CT molecular complexity index is 625. The number of rotatable bonds is 1. The molecule has 2 aromatic rings. The summed E-state index contributed by atoms with van der Waals surface area (Å²) < 4.78 is 2.34. The van der Waals surface area contributed by atoms with Crippen LogP contribution in [0.4, 0.5) is 0 Å². The predicted octanol–water partition coefficient (Wildman–Crippen LogP) is 2.47. The lowest BCUT2D eigenvalue weighted by molar-refractivity contribution is 0.981. The average molecular weight is 275 g/mol. The summed E-state index contributed by atoms with van der Waals surface area (Å²) in [6, 6.07) is 12.4. The van der Waals surface area contributed by atoms with Gasteiger partial charge in [-0.15, -0.1) is 0 Å². The second-order valence-electron chi connectivity index (χ2n) is 3.19. The van der Waals surface area contributed by atoms with Crippen molar-refractivity contribution in [3.63, 3.8) is 0 Å². The largest absolute Gasteiger partial charge is 0.283 e. The summed E-state index contributed by atoms with van der Waals surface area (Å²) in [5.74, 6) is 0. The first-order valence-electron chi connectivity index (χ1n) is 4.60. The third-order valence-corrected chi connectivity index (χ3v) is 2.65. The van der Waals surface area contributed by atoms with Crippen LogP contribution < -0.4 is 5.56 Å². The van der Waals surface area contributed by atoms with E-state index in [1.807, 2.05) is 30.3 Å². The molecule has 1 aromatic carbocycles. The maximum atomic E-state index is 11.8. The van der Waals surface area contributed by atoms with Gasteiger partial charge < -0.3 is 0 Å². The van der Waals surface area contributed by atoms with E-state index >= 15 is 0 Å². The highest BCUT2D eigenvalue weighted by Crippen LogP contribution is 2.13. The van der Waals surface area contributed by atoms with Crippen LogP contribution in [0.5, 0.6) is 0 Å². The fraction of sp³-hybridized carbons (Fsp3) is 0. The highest BCUT2D eigenvalue weighted by atomic mass is 79.9. The molecule has 1 heterocycles. The van der Waals surface area contributed by atoms with Crippen molar-refractivity contribution in [1.82, 2.24) is 4.57 Å². The first kappa shape index (κ1) is 10.7. The zero-order valence-corrected chi connectivity index (χ0v) is 9.81.